The Bertz CT molecular complexity index is 1020. The number of benzene rings is 2. The molecule has 0 saturated heterocycles. The van der Waals surface area contributed by atoms with Gasteiger partial charge in [0.25, 0.3) is 0 Å². The summed E-state index contributed by atoms with van der Waals surface area (Å²) in [5.41, 5.74) is 4.88. The molecule has 2 aromatic carbocycles. The highest BCUT2D eigenvalue weighted by atomic mass is 31.0. The van der Waals surface area contributed by atoms with Gasteiger partial charge in [-0.3, -0.25) is 4.98 Å². The highest BCUT2D eigenvalue weighted by Gasteiger charge is 2.20. The Morgan fingerprint density at radius 1 is 1.00 bits per heavy atom. The van der Waals surface area contributed by atoms with Gasteiger partial charge in [-0.2, -0.15) is 0 Å². The second kappa shape index (κ2) is 13.7. The van der Waals surface area contributed by atoms with Gasteiger partial charge in [-0.05, 0) is 48.4 Å². The highest BCUT2D eigenvalue weighted by Crippen LogP contribution is 2.37. The Hall–Kier alpha value is -2.50. The van der Waals surface area contributed by atoms with Crippen LogP contribution in [0.3, 0.4) is 0 Å². The van der Waals surface area contributed by atoms with Crippen LogP contribution in [0, 0.1) is 5.92 Å². The molecule has 2 atom stereocenters. The summed E-state index contributed by atoms with van der Waals surface area (Å²) in [5, 5.41) is 2.50. The standard InChI is InChI=1S/C25H23N.C2H7P.C2H6/c1-2-3-11-19-14-7-8-15-21(19)25-23-17-10-9-16-22(23)24(18-26-25)20-12-5-4-6-13-20;1-2-3;1-2/h2-10,12-13,15-19H,11,14H2,1H3;2-3H2,1H3;1-2H3. The van der Waals surface area contributed by atoms with Crippen LogP contribution in [-0.2, 0) is 0 Å². The third-order valence-corrected chi connectivity index (χ3v) is 5.08. The minimum absolute atomic E-state index is 0.495. The first-order valence-electron chi connectivity index (χ1n) is 11.4. The molecule has 0 radical (unpaired) electrons. The molecule has 0 saturated carbocycles. The van der Waals surface area contributed by atoms with Crippen LogP contribution < -0.4 is 0 Å². The molecule has 3 aromatic rings. The van der Waals surface area contributed by atoms with E-state index in [-0.39, 0.29) is 0 Å². The molecule has 0 amide bonds. The minimum Gasteiger partial charge on any atom is -0.255 e. The Kier molecular flexibility index (Phi) is 11.0. The van der Waals surface area contributed by atoms with Crippen molar-refractivity contribution in [2.24, 2.45) is 5.92 Å². The van der Waals surface area contributed by atoms with E-state index in [9.17, 15) is 0 Å². The normalized spacial score (nSPS) is 15.0. The third kappa shape index (κ3) is 6.49. The van der Waals surface area contributed by atoms with Gasteiger partial charge in [-0.15, -0.1) is 9.24 Å². The highest BCUT2D eigenvalue weighted by molar-refractivity contribution is 7.16. The summed E-state index contributed by atoms with van der Waals surface area (Å²) in [6, 6.07) is 19.2. The van der Waals surface area contributed by atoms with Crippen LogP contribution in [0.4, 0.5) is 0 Å². The molecule has 162 valence electrons. The summed E-state index contributed by atoms with van der Waals surface area (Å²) < 4.78 is 0. The van der Waals surface area contributed by atoms with Crippen molar-refractivity contribution in [3.8, 4) is 11.1 Å². The van der Waals surface area contributed by atoms with Crippen molar-refractivity contribution in [3.63, 3.8) is 0 Å². The minimum atomic E-state index is 0.495. The lowest BCUT2D eigenvalue weighted by atomic mass is 9.84. The number of allylic oxidation sites excluding steroid dienone is 6. The Labute approximate surface area is 191 Å². The molecule has 1 nitrogen and oxygen atoms in total. The van der Waals surface area contributed by atoms with Crippen molar-refractivity contribution in [2.75, 3.05) is 6.16 Å². The molecule has 1 aromatic heterocycles. The van der Waals surface area contributed by atoms with E-state index in [2.05, 4.69) is 108 Å². The number of rotatable bonds is 4. The first kappa shape index (κ1) is 24.8. The van der Waals surface area contributed by atoms with E-state index in [1.54, 1.807) is 0 Å². The number of nitrogens with zero attached hydrogens (tertiary/aromatic N) is 1. The molecular weight excluding hydrogens is 393 g/mol. The van der Waals surface area contributed by atoms with E-state index in [1.165, 1.54) is 33.6 Å². The zero-order valence-corrected chi connectivity index (χ0v) is 20.5. The molecular formula is C29H36NP. The van der Waals surface area contributed by atoms with E-state index in [1.807, 2.05) is 20.0 Å². The molecule has 0 bridgehead atoms. The van der Waals surface area contributed by atoms with Crippen LogP contribution in [0.15, 0.2) is 91.2 Å². The maximum Gasteiger partial charge on any atom is 0.0743 e. The summed E-state index contributed by atoms with van der Waals surface area (Å²) >= 11 is 0. The summed E-state index contributed by atoms with van der Waals surface area (Å²) in [7, 11) is 2.58. The third-order valence-electron chi connectivity index (χ3n) is 5.08. The van der Waals surface area contributed by atoms with Gasteiger partial charge in [0.15, 0.2) is 0 Å². The number of hydrogen-bond acceptors (Lipinski definition) is 1. The number of pyridine rings is 1. The van der Waals surface area contributed by atoms with Crippen molar-refractivity contribution >= 4 is 25.6 Å². The van der Waals surface area contributed by atoms with Gasteiger partial charge in [-0.1, -0.05) is 106 Å². The van der Waals surface area contributed by atoms with E-state index in [4.69, 9.17) is 4.98 Å². The zero-order chi connectivity index (χ0) is 22.5. The number of fused-ring (bicyclic) bond motifs is 1. The lowest BCUT2D eigenvalue weighted by Crippen LogP contribution is -2.07. The smallest absolute Gasteiger partial charge is 0.0743 e. The van der Waals surface area contributed by atoms with E-state index >= 15 is 0 Å². The van der Waals surface area contributed by atoms with Gasteiger partial charge in [0.2, 0.25) is 0 Å². The zero-order valence-electron chi connectivity index (χ0n) is 19.4. The predicted octanol–water partition coefficient (Wildman–Crippen LogP) is 8.74. The Balaban J connectivity index is 0.000000630. The van der Waals surface area contributed by atoms with E-state index in [0.29, 0.717) is 5.92 Å². The topological polar surface area (TPSA) is 12.9 Å². The fraction of sp³-hybridized carbons (Fsp3) is 0.276. The van der Waals surface area contributed by atoms with Crippen molar-refractivity contribution in [2.45, 2.75) is 40.5 Å². The largest absolute Gasteiger partial charge is 0.255 e. The molecule has 2 unspecified atom stereocenters. The van der Waals surface area contributed by atoms with Gasteiger partial charge in [-0.25, -0.2) is 0 Å². The lowest BCUT2D eigenvalue weighted by molar-refractivity contribution is 0.686. The van der Waals surface area contributed by atoms with Crippen LogP contribution in [0.5, 0.6) is 0 Å². The van der Waals surface area contributed by atoms with Crippen LogP contribution >= 0.6 is 9.24 Å². The van der Waals surface area contributed by atoms with E-state index in [0.717, 1.165) is 18.5 Å². The van der Waals surface area contributed by atoms with E-state index < -0.39 is 0 Å². The molecule has 4 rings (SSSR count). The molecule has 0 aliphatic heterocycles. The van der Waals surface area contributed by atoms with Crippen LogP contribution in [0.25, 0.3) is 27.5 Å². The average molecular weight is 430 g/mol. The fourth-order valence-electron chi connectivity index (χ4n) is 3.74. The van der Waals surface area contributed by atoms with Crippen LogP contribution in [0.2, 0.25) is 0 Å². The quantitative estimate of drug-likeness (QED) is 0.298. The number of aromatic nitrogens is 1. The Morgan fingerprint density at radius 3 is 2.32 bits per heavy atom. The van der Waals surface area contributed by atoms with Crippen molar-refractivity contribution < 1.29 is 0 Å². The van der Waals surface area contributed by atoms with Gasteiger partial charge < -0.3 is 0 Å². The maximum absolute atomic E-state index is 4.94. The molecule has 0 fully saturated rings. The first-order valence-corrected chi connectivity index (χ1v) is 12.2. The van der Waals surface area contributed by atoms with Gasteiger partial charge in [0, 0.05) is 17.1 Å². The molecule has 0 spiro atoms. The van der Waals surface area contributed by atoms with Gasteiger partial charge >= 0.3 is 0 Å². The molecule has 1 heterocycles. The summed E-state index contributed by atoms with van der Waals surface area (Å²) in [6.07, 6.45) is 16.4. The molecule has 31 heavy (non-hydrogen) atoms. The number of hydrogen-bond donors (Lipinski definition) is 0. The summed E-state index contributed by atoms with van der Waals surface area (Å²) in [5.74, 6) is 0.495. The molecule has 2 heteroatoms. The van der Waals surface area contributed by atoms with Crippen LogP contribution in [-0.4, -0.2) is 11.1 Å². The fourth-order valence-corrected chi connectivity index (χ4v) is 3.74. The second-order valence-corrected chi connectivity index (χ2v) is 7.94. The van der Waals surface area contributed by atoms with Crippen LogP contribution in [0.1, 0.15) is 46.2 Å². The second-order valence-electron chi connectivity index (χ2n) is 7.13. The average Bonchev–Trinajstić information content (AvgIpc) is 2.84. The molecule has 1 aliphatic carbocycles. The monoisotopic (exact) mass is 429 g/mol. The predicted molar refractivity (Wildman–Crippen MR) is 143 cm³/mol. The Morgan fingerprint density at radius 2 is 1.65 bits per heavy atom. The molecule has 1 aliphatic rings. The SMILES string of the molecule is CC.CC=CCC1CC=CC=C1c1ncc(-c2ccccc2)c2ccccc12.CCP. The van der Waals surface area contributed by atoms with Crippen molar-refractivity contribution in [1.29, 1.82) is 0 Å². The maximum atomic E-state index is 4.94. The lowest BCUT2D eigenvalue weighted by Gasteiger charge is -2.22. The molecule has 0 N–H and O–H groups in total. The van der Waals surface area contributed by atoms with Crippen molar-refractivity contribution in [1.82, 2.24) is 4.98 Å². The van der Waals surface area contributed by atoms with Crippen molar-refractivity contribution in [3.05, 3.63) is 96.9 Å². The van der Waals surface area contributed by atoms with Gasteiger partial charge in [0.05, 0.1) is 5.69 Å². The summed E-state index contributed by atoms with van der Waals surface area (Å²) in [4.78, 5) is 4.94. The summed E-state index contributed by atoms with van der Waals surface area (Å²) in [6.45, 7) is 8.18. The first-order chi connectivity index (χ1) is 15.3. The van der Waals surface area contributed by atoms with Gasteiger partial charge in [0.1, 0.15) is 0 Å².